The van der Waals surface area contributed by atoms with Gasteiger partial charge in [-0.3, -0.25) is 9.78 Å². The molecule has 0 amide bonds. The minimum absolute atomic E-state index is 0.129. The number of rotatable bonds is 3. The molecule has 4 rings (SSSR count). The van der Waals surface area contributed by atoms with E-state index in [4.69, 9.17) is 11.6 Å². The van der Waals surface area contributed by atoms with Crippen LogP contribution in [0, 0.1) is 11.6 Å². The van der Waals surface area contributed by atoms with Crippen LogP contribution < -0.4 is 11.2 Å². The first-order chi connectivity index (χ1) is 12.5. The van der Waals surface area contributed by atoms with Crippen LogP contribution in [0.25, 0.3) is 11.3 Å². The second kappa shape index (κ2) is 6.14. The Kier molecular flexibility index (Phi) is 3.91. The summed E-state index contributed by atoms with van der Waals surface area (Å²) in [5.74, 6) is -2.15. The van der Waals surface area contributed by atoms with Crippen LogP contribution in [0.3, 0.4) is 0 Å². The van der Waals surface area contributed by atoms with Crippen LogP contribution in [0.2, 0.25) is 5.15 Å². The molecule has 1 aliphatic carbocycles. The molecule has 2 N–H and O–H groups in total. The van der Waals surface area contributed by atoms with E-state index in [0.29, 0.717) is 12.0 Å². The van der Waals surface area contributed by atoms with Gasteiger partial charge < -0.3 is 4.98 Å². The van der Waals surface area contributed by atoms with Crippen molar-refractivity contribution in [2.45, 2.75) is 18.3 Å². The maximum Gasteiger partial charge on any atom is 0.325 e. The normalized spacial score (nSPS) is 18.7. The third-order valence-electron chi connectivity index (χ3n) is 4.44. The molecule has 0 spiro atoms. The zero-order valence-corrected chi connectivity index (χ0v) is 13.8. The number of nitrogens with zero attached hydrogens (tertiary/aromatic N) is 2. The van der Waals surface area contributed by atoms with E-state index < -0.39 is 22.9 Å². The third kappa shape index (κ3) is 2.82. The van der Waals surface area contributed by atoms with Crippen molar-refractivity contribution in [3.05, 3.63) is 79.2 Å². The molecule has 26 heavy (non-hydrogen) atoms. The lowest BCUT2D eigenvalue weighted by Crippen LogP contribution is -2.23. The van der Waals surface area contributed by atoms with E-state index >= 15 is 0 Å². The standard InChI is InChI=1S/C17H11ClF2N4O2/c18-15-10(9-4-8(9)7-2-1-3-12(19)14(7)20)5-13(23-24-15)11-6-21-17(26)22-16(11)25/h1-3,5-6,8-9H,4H2,(H2,21,22,25,26). The number of halogens is 3. The molecule has 1 fully saturated rings. The van der Waals surface area contributed by atoms with Crippen molar-refractivity contribution in [1.82, 2.24) is 20.2 Å². The molecule has 1 aliphatic rings. The van der Waals surface area contributed by atoms with E-state index in [1.165, 1.54) is 12.3 Å². The Morgan fingerprint density at radius 2 is 1.88 bits per heavy atom. The van der Waals surface area contributed by atoms with Gasteiger partial charge in [-0.25, -0.2) is 13.6 Å². The van der Waals surface area contributed by atoms with Crippen molar-refractivity contribution < 1.29 is 8.78 Å². The van der Waals surface area contributed by atoms with Crippen LogP contribution in [-0.4, -0.2) is 20.2 Å². The maximum absolute atomic E-state index is 14.0. The summed E-state index contributed by atoms with van der Waals surface area (Å²) in [6.07, 6.45) is 1.81. The van der Waals surface area contributed by atoms with Crippen molar-refractivity contribution in [2.24, 2.45) is 0 Å². The van der Waals surface area contributed by atoms with Crippen molar-refractivity contribution in [3.8, 4) is 11.3 Å². The predicted octanol–water partition coefficient (Wildman–Crippen LogP) is 2.72. The van der Waals surface area contributed by atoms with Gasteiger partial charge in [-0.1, -0.05) is 23.7 Å². The van der Waals surface area contributed by atoms with Crippen molar-refractivity contribution in [2.75, 3.05) is 0 Å². The Bertz CT molecular complexity index is 1130. The number of H-pyrrole nitrogens is 2. The fourth-order valence-electron chi connectivity index (χ4n) is 3.07. The molecule has 0 aliphatic heterocycles. The van der Waals surface area contributed by atoms with E-state index in [9.17, 15) is 18.4 Å². The maximum atomic E-state index is 14.0. The average molecular weight is 377 g/mol. The van der Waals surface area contributed by atoms with Crippen molar-refractivity contribution in [1.29, 1.82) is 0 Å². The van der Waals surface area contributed by atoms with Gasteiger partial charge in [0.15, 0.2) is 16.8 Å². The van der Waals surface area contributed by atoms with Crippen molar-refractivity contribution in [3.63, 3.8) is 0 Å². The molecule has 0 radical (unpaired) electrons. The van der Waals surface area contributed by atoms with E-state index in [0.717, 1.165) is 6.07 Å². The number of hydrogen-bond acceptors (Lipinski definition) is 4. The zero-order chi connectivity index (χ0) is 18.4. The summed E-state index contributed by atoms with van der Waals surface area (Å²) in [7, 11) is 0. The van der Waals surface area contributed by atoms with Gasteiger partial charge in [0.2, 0.25) is 0 Å². The van der Waals surface area contributed by atoms with Crippen molar-refractivity contribution >= 4 is 11.6 Å². The topological polar surface area (TPSA) is 91.5 Å². The smallest absolute Gasteiger partial charge is 0.313 e. The second-order valence-electron chi connectivity index (χ2n) is 6.05. The van der Waals surface area contributed by atoms with Crippen LogP contribution in [0.5, 0.6) is 0 Å². The average Bonchev–Trinajstić information content (AvgIpc) is 3.38. The molecule has 2 heterocycles. The lowest BCUT2D eigenvalue weighted by atomic mass is 10.0. The lowest BCUT2D eigenvalue weighted by molar-refractivity contribution is 0.498. The highest BCUT2D eigenvalue weighted by atomic mass is 35.5. The van der Waals surface area contributed by atoms with Crippen LogP contribution in [0.15, 0.2) is 40.1 Å². The second-order valence-corrected chi connectivity index (χ2v) is 6.41. The molecule has 2 atom stereocenters. The molecule has 9 heteroatoms. The van der Waals surface area contributed by atoms with E-state index in [1.807, 2.05) is 0 Å². The summed E-state index contributed by atoms with van der Waals surface area (Å²) >= 11 is 6.12. The Labute approximate surface area is 149 Å². The third-order valence-corrected chi connectivity index (χ3v) is 4.74. The molecule has 132 valence electrons. The van der Waals surface area contributed by atoms with Gasteiger partial charge in [0.1, 0.15) is 5.69 Å². The van der Waals surface area contributed by atoms with Gasteiger partial charge in [-0.05, 0) is 41.5 Å². The summed E-state index contributed by atoms with van der Waals surface area (Å²) in [4.78, 5) is 27.5. The molecule has 0 bridgehead atoms. The molecule has 3 aromatic rings. The predicted molar refractivity (Wildman–Crippen MR) is 90.2 cm³/mol. The summed E-state index contributed by atoms with van der Waals surface area (Å²) < 4.78 is 27.4. The highest BCUT2D eigenvalue weighted by Crippen LogP contribution is 2.56. The first-order valence-electron chi connectivity index (χ1n) is 7.75. The molecular weight excluding hydrogens is 366 g/mol. The van der Waals surface area contributed by atoms with Gasteiger partial charge >= 0.3 is 5.69 Å². The van der Waals surface area contributed by atoms with Gasteiger partial charge in [0, 0.05) is 6.20 Å². The zero-order valence-electron chi connectivity index (χ0n) is 13.1. The first kappa shape index (κ1) is 16.6. The Morgan fingerprint density at radius 3 is 2.65 bits per heavy atom. The summed E-state index contributed by atoms with van der Waals surface area (Å²) in [6.45, 7) is 0. The molecule has 2 aromatic heterocycles. The van der Waals surface area contributed by atoms with Crippen LogP contribution in [0.4, 0.5) is 8.78 Å². The van der Waals surface area contributed by atoms with E-state index in [-0.39, 0.29) is 33.8 Å². The molecule has 6 nitrogen and oxygen atoms in total. The highest BCUT2D eigenvalue weighted by molar-refractivity contribution is 6.30. The number of benzene rings is 1. The summed E-state index contributed by atoms with van der Waals surface area (Å²) in [5.41, 5.74) is -0.0109. The van der Waals surface area contributed by atoms with Crippen LogP contribution in [0.1, 0.15) is 29.4 Å². The van der Waals surface area contributed by atoms with E-state index in [1.54, 1.807) is 12.1 Å². The Morgan fingerprint density at radius 1 is 1.12 bits per heavy atom. The number of aromatic amines is 2. The van der Waals surface area contributed by atoms with Gasteiger partial charge in [-0.2, -0.15) is 0 Å². The Hall–Kier alpha value is -2.87. The van der Waals surface area contributed by atoms with Crippen LogP contribution in [-0.2, 0) is 0 Å². The monoisotopic (exact) mass is 376 g/mol. The molecular formula is C17H11ClF2N4O2. The number of hydrogen-bond donors (Lipinski definition) is 2. The molecule has 1 saturated carbocycles. The van der Waals surface area contributed by atoms with E-state index in [2.05, 4.69) is 20.2 Å². The quantitative estimate of drug-likeness (QED) is 0.735. The minimum atomic E-state index is -0.896. The van der Waals surface area contributed by atoms with Gasteiger partial charge in [0.05, 0.1) is 5.56 Å². The fraction of sp³-hybridized carbons (Fsp3) is 0.176. The van der Waals surface area contributed by atoms with Crippen LogP contribution >= 0.6 is 11.6 Å². The lowest BCUT2D eigenvalue weighted by Gasteiger charge is -2.06. The SMILES string of the molecule is O=c1[nH]cc(-c2cc(C3CC3c3cccc(F)c3F)c(Cl)nn2)c(=O)[nH]1. The molecule has 0 saturated heterocycles. The molecule has 1 aromatic carbocycles. The largest absolute Gasteiger partial charge is 0.325 e. The van der Waals surface area contributed by atoms with Gasteiger partial charge in [0.25, 0.3) is 5.56 Å². The highest BCUT2D eigenvalue weighted by Gasteiger charge is 2.43. The Balaban J connectivity index is 1.71. The number of nitrogens with one attached hydrogen (secondary N) is 2. The summed E-state index contributed by atoms with van der Waals surface area (Å²) in [6, 6.07) is 5.65. The first-order valence-corrected chi connectivity index (χ1v) is 8.13. The molecule has 2 unspecified atom stereocenters. The summed E-state index contributed by atoms with van der Waals surface area (Å²) in [5, 5.41) is 7.87. The minimum Gasteiger partial charge on any atom is -0.313 e. The fourth-order valence-corrected chi connectivity index (χ4v) is 3.30. The van der Waals surface area contributed by atoms with Gasteiger partial charge in [-0.15, -0.1) is 10.2 Å². The number of aromatic nitrogens is 4.